The molecule has 1 fully saturated rings. The Kier molecular flexibility index (Phi) is 7.58. The van der Waals surface area contributed by atoms with Crippen LogP contribution in [0.25, 0.3) is 0 Å². The summed E-state index contributed by atoms with van der Waals surface area (Å²) in [5.74, 6) is -16.6. The fourth-order valence-corrected chi connectivity index (χ4v) is 5.11. The zero-order chi connectivity index (χ0) is 32.2. The second kappa shape index (κ2) is 11.1. The van der Waals surface area contributed by atoms with Gasteiger partial charge < -0.3 is 64.5 Å². The van der Waals surface area contributed by atoms with Crippen LogP contribution in [-0.2, 0) is 33.3 Å². The number of carbonyl (C=O) groups excluding carboxylic acids is 4. The number of hydrogen-bond donors (Lipinski definition) is 8. The van der Waals surface area contributed by atoms with E-state index in [4.69, 9.17) is 23.7 Å². The molecule has 44 heavy (non-hydrogen) atoms. The van der Waals surface area contributed by atoms with Crippen molar-refractivity contribution < 1.29 is 88.5 Å². The number of aliphatic hydroxyl groups is 2. The zero-order valence-electron chi connectivity index (χ0n) is 21.8. The fourth-order valence-electron chi connectivity index (χ4n) is 5.11. The quantitative estimate of drug-likeness (QED) is 0.0831. The Balaban J connectivity index is 1.61. The second-order valence-electron chi connectivity index (χ2n) is 9.89. The number of aliphatic hydroxyl groups excluding tert-OH is 2. The van der Waals surface area contributed by atoms with Crippen LogP contribution in [0.2, 0.25) is 0 Å². The van der Waals surface area contributed by atoms with Crippen molar-refractivity contribution in [1.29, 1.82) is 0 Å². The van der Waals surface area contributed by atoms with Gasteiger partial charge in [-0.15, -0.1) is 0 Å². The van der Waals surface area contributed by atoms with Gasteiger partial charge in [-0.25, -0.2) is 9.59 Å². The molecule has 2 aromatic rings. The number of carbonyl (C=O) groups is 5. The minimum atomic E-state index is -2.15. The molecule has 18 nitrogen and oxygen atoms in total. The molecule has 0 aliphatic carbocycles. The minimum Gasteiger partial charge on any atom is -0.504 e. The van der Waals surface area contributed by atoms with Crippen LogP contribution in [0.5, 0.6) is 34.5 Å². The van der Waals surface area contributed by atoms with E-state index in [2.05, 4.69) is 0 Å². The number of phenols is 5. The Morgan fingerprint density at radius 3 is 2.11 bits per heavy atom. The van der Waals surface area contributed by atoms with Gasteiger partial charge in [-0.1, -0.05) is 0 Å². The predicted octanol–water partition coefficient (Wildman–Crippen LogP) is -1.31. The Hall–Kier alpha value is -5.33. The topological polar surface area (TPSA) is 293 Å². The number of hydrogen-bond acceptors (Lipinski definition) is 17. The standard InChI is InChI=1S/C26H22O18/c27-5-12-19-18(35)21(26(40-12)44-22(36)6-1-9(28)16(33)10(29)2-6)43-23(37)7-3-11(30)17(34)20-14(7)15(25(39)42-20)8(4-13(31)32)24(38)41-19/h1-3,8,12,15,18-19,21,26-30,33-35H,4-5H2,(H,31,32)/t8-,12-,15-,18+,19-,21-,26-/m1/s1. The van der Waals surface area contributed by atoms with Crippen LogP contribution < -0.4 is 4.74 Å². The van der Waals surface area contributed by atoms with Crippen LogP contribution in [0.4, 0.5) is 0 Å². The van der Waals surface area contributed by atoms with Crippen molar-refractivity contribution in [3.8, 4) is 34.5 Å². The molecule has 1 saturated heterocycles. The molecule has 2 bridgehead atoms. The number of aliphatic carboxylic acids is 1. The van der Waals surface area contributed by atoms with Crippen molar-refractivity contribution in [3.63, 3.8) is 0 Å². The summed E-state index contributed by atoms with van der Waals surface area (Å²) >= 11 is 0. The summed E-state index contributed by atoms with van der Waals surface area (Å²) < 4.78 is 26.3. The molecule has 2 aromatic carbocycles. The Morgan fingerprint density at radius 2 is 1.50 bits per heavy atom. The molecular weight excluding hydrogens is 600 g/mol. The number of rotatable bonds is 5. The number of benzene rings is 2. The van der Waals surface area contributed by atoms with E-state index >= 15 is 0 Å². The normalized spacial score (nSPS) is 27.7. The third-order valence-electron chi connectivity index (χ3n) is 7.18. The third kappa shape index (κ3) is 4.99. The van der Waals surface area contributed by atoms with Crippen LogP contribution in [0.3, 0.4) is 0 Å². The number of carboxylic acids is 1. The maximum atomic E-state index is 13.5. The molecule has 7 atom stereocenters. The monoisotopic (exact) mass is 622 g/mol. The van der Waals surface area contributed by atoms with Gasteiger partial charge >= 0.3 is 29.8 Å². The van der Waals surface area contributed by atoms with Gasteiger partial charge in [0, 0.05) is 5.56 Å². The summed E-state index contributed by atoms with van der Waals surface area (Å²) in [5, 5.41) is 80.2. The lowest BCUT2D eigenvalue weighted by Gasteiger charge is -2.42. The molecule has 0 amide bonds. The Bertz CT molecular complexity index is 1560. The van der Waals surface area contributed by atoms with Gasteiger partial charge in [-0.05, 0) is 18.2 Å². The van der Waals surface area contributed by atoms with Gasteiger partial charge in [0.1, 0.15) is 18.1 Å². The lowest BCUT2D eigenvalue weighted by atomic mass is 9.82. The lowest BCUT2D eigenvalue weighted by molar-refractivity contribution is -0.288. The molecule has 0 aromatic heterocycles. The van der Waals surface area contributed by atoms with Crippen LogP contribution in [0, 0.1) is 5.92 Å². The second-order valence-corrected chi connectivity index (χ2v) is 9.89. The summed E-state index contributed by atoms with van der Waals surface area (Å²) in [5.41, 5.74) is -1.83. The van der Waals surface area contributed by atoms with E-state index in [0.29, 0.717) is 18.2 Å². The molecule has 0 unspecified atom stereocenters. The maximum Gasteiger partial charge on any atom is 0.340 e. The van der Waals surface area contributed by atoms with E-state index in [1.165, 1.54) is 0 Å². The van der Waals surface area contributed by atoms with E-state index in [1.54, 1.807) is 0 Å². The largest absolute Gasteiger partial charge is 0.504 e. The molecule has 234 valence electrons. The highest BCUT2D eigenvalue weighted by Gasteiger charge is 2.55. The first-order chi connectivity index (χ1) is 20.7. The van der Waals surface area contributed by atoms with Crippen molar-refractivity contribution in [3.05, 3.63) is 34.9 Å². The molecule has 5 rings (SSSR count). The van der Waals surface area contributed by atoms with E-state index < -0.39 is 137 Å². The zero-order valence-corrected chi connectivity index (χ0v) is 21.8. The number of phenolic OH excluding ortho intramolecular Hbond substituents is 5. The van der Waals surface area contributed by atoms with Crippen molar-refractivity contribution in [2.45, 2.75) is 43.0 Å². The van der Waals surface area contributed by atoms with Crippen molar-refractivity contribution in [2.75, 3.05) is 6.61 Å². The molecule has 18 heteroatoms. The Labute approximate surface area is 243 Å². The van der Waals surface area contributed by atoms with Crippen LogP contribution in [0.15, 0.2) is 18.2 Å². The average Bonchev–Trinajstić information content (AvgIpc) is 3.30. The predicted molar refractivity (Wildman–Crippen MR) is 132 cm³/mol. The van der Waals surface area contributed by atoms with Gasteiger partial charge in [0.25, 0.3) is 0 Å². The van der Waals surface area contributed by atoms with E-state index in [9.17, 15) is 64.8 Å². The number of ether oxygens (including phenoxy) is 5. The van der Waals surface area contributed by atoms with Crippen molar-refractivity contribution in [2.24, 2.45) is 5.92 Å². The van der Waals surface area contributed by atoms with Crippen molar-refractivity contribution in [1.82, 2.24) is 0 Å². The molecular formula is C26H22O18. The molecule has 3 heterocycles. The first-order valence-corrected chi connectivity index (χ1v) is 12.6. The molecule has 0 radical (unpaired) electrons. The first kappa shape index (κ1) is 30.1. The summed E-state index contributed by atoms with van der Waals surface area (Å²) in [6.07, 6.45) is -11.1. The number of carboxylic acid groups (broad SMARTS) is 1. The van der Waals surface area contributed by atoms with Crippen LogP contribution >= 0.6 is 0 Å². The SMILES string of the molecule is O=C(O)C[C@H]1C(=O)O[C@H]2[C@H](O)[C@@H](OC(=O)c3cc(O)c(O)c4c3[C@@H]1C(=O)O4)[C@@H](OC(=O)c1cc(O)c(O)c(O)c1)O[C@@H]2CO. The first-order valence-electron chi connectivity index (χ1n) is 12.6. The third-order valence-corrected chi connectivity index (χ3v) is 7.18. The number of esters is 4. The van der Waals surface area contributed by atoms with Gasteiger partial charge in [0.2, 0.25) is 12.0 Å². The Morgan fingerprint density at radius 1 is 0.864 bits per heavy atom. The molecule has 0 saturated carbocycles. The highest BCUT2D eigenvalue weighted by molar-refractivity contribution is 6.02. The summed E-state index contributed by atoms with van der Waals surface area (Å²) in [6, 6.07) is 2.01. The molecule has 0 spiro atoms. The molecule has 3 aliphatic heterocycles. The van der Waals surface area contributed by atoms with E-state index in [1.807, 2.05) is 0 Å². The molecule has 3 aliphatic rings. The lowest BCUT2D eigenvalue weighted by Crippen LogP contribution is -2.62. The number of aromatic hydroxyl groups is 5. The number of fused-ring (bicyclic) bond motifs is 2. The van der Waals surface area contributed by atoms with E-state index in [0.717, 1.165) is 0 Å². The summed E-state index contributed by atoms with van der Waals surface area (Å²) in [6.45, 7) is -1.02. The smallest absolute Gasteiger partial charge is 0.340 e. The van der Waals surface area contributed by atoms with Gasteiger partial charge in [0.15, 0.2) is 41.0 Å². The highest BCUT2D eigenvalue weighted by atomic mass is 16.7. The summed E-state index contributed by atoms with van der Waals surface area (Å²) in [7, 11) is 0. The van der Waals surface area contributed by atoms with Crippen molar-refractivity contribution >= 4 is 29.8 Å². The van der Waals surface area contributed by atoms with Gasteiger partial charge in [0.05, 0.1) is 30.1 Å². The summed E-state index contributed by atoms with van der Waals surface area (Å²) in [4.78, 5) is 64.3. The fraction of sp³-hybridized carbons (Fsp3) is 0.346. The van der Waals surface area contributed by atoms with Gasteiger partial charge in [-0.2, -0.15) is 0 Å². The highest BCUT2D eigenvalue weighted by Crippen LogP contribution is 2.51. The minimum absolute atomic E-state index is 0.548. The van der Waals surface area contributed by atoms with Crippen LogP contribution in [0.1, 0.15) is 38.6 Å². The maximum absolute atomic E-state index is 13.5. The molecule has 8 N–H and O–H groups in total. The van der Waals surface area contributed by atoms with Crippen LogP contribution in [-0.4, -0.2) is 108 Å². The van der Waals surface area contributed by atoms with E-state index in [-0.39, 0.29) is 0 Å². The van der Waals surface area contributed by atoms with Gasteiger partial charge in [-0.3, -0.25) is 14.4 Å². The average molecular weight is 622 g/mol.